The number of nitrogens with one attached hydrogen (secondary N) is 1. The Hall–Kier alpha value is -2.99. The maximum absolute atomic E-state index is 10.7. The average molecular weight is 374 g/mol. The molecule has 1 aromatic carbocycles. The molecule has 26 heavy (non-hydrogen) atoms. The van der Waals surface area contributed by atoms with Crippen molar-refractivity contribution in [1.82, 2.24) is 9.97 Å². The lowest BCUT2D eigenvalue weighted by molar-refractivity contribution is -0.136. The van der Waals surface area contributed by atoms with Gasteiger partial charge in [0.2, 0.25) is 0 Å². The number of methoxy groups -OCH3 is 2. The summed E-state index contributed by atoms with van der Waals surface area (Å²) in [4.78, 5) is 19.5. The summed E-state index contributed by atoms with van der Waals surface area (Å²) in [5.41, 5.74) is 1.34. The van der Waals surface area contributed by atoms with E-state index in [0.717, 1.165) is 0 Å². The Kier molecular flexibility index (Phi) is 6.63. The van der Waals surface area contributed by atoms with Crippen molar-refractivity contribution < 1.29 is 19.4 Å². The maximum atomic E-state index is 10.7. The molecule has 0 unspecified atom stereocenters. The summed E-state index contributed by atoms with van der Waals surface area (Å²) >= 11 is 1.32. The van der Waals surface area contributed by atoms with E-state index in [0.29, 0.717) is 33.7 Å². The SMILES string of the molecule is COc1ccc(-c2nc(SC)nc(NCCC(=O)O)c2C#N)cc1OC. The van der Waals surface area contributed by atoms with E-state index >= 15 is 0 Å². The number of aromatic nitrogens is 2. The van der Waals surface area contributed by atoms with E-state index in [1.807, 2.05) is 6.26 Å². The molecule has 2 rings (SSSR count). The van der Waals surface area contributed by atoms with Crippen molar-refractivity contribution in [3.05, 3.63) is 23.8 Å². The molecular weight excluding hydrogens is 356 g/mol. The van der Waals surface area contributed by atoms with Crippen molar-refractivity contribution in [2.45, 2.75) is 11.6 Å². The molecule has 9 heteroatoms. The zero-order valence-electron chi connectivity index (χ0n) is 14.6. The summed E-state index contributed by atoms with van der Waals surface area (Å²) in [6.45, 7) is 0.153. The van der Waals surface area contributed by atoms with E-state index < -0.39 is 5.97 Å². The maximum Gasteiger partial charge on any atom is 0.305 e. The third-order valence-corrected chi connectivity index (χ3v) is 4.02. The molecular formula is C17H18N4O4S. The highest BCUT2D eigenvalue weighted by Gasteiger charge is 2.17. The minimum atomic E-state index is -0.935. The first-order valence-corrected chi connectivity index (χ1v) is 8.80. The van der Waals surface area contributed by atoms with Gasteiger partial charge in [0.25, 0.3) is 0 Å². The number of carbonyl (C=O) groups is 1. The van der Waals surface area contributed by atoms with Crippen LogP contribution in [0.1, 0.15) is 12.0 Å². The van der Waals surface area contributed by atoms with Crippen LogP contribution in [-0.2, 0) is 4.79 Å². The predicted molar refractivity (Wildman–Crippen MR) is 97.8 cm³/mol. The number of rotatable bonds is 8. The number of hydrogen-bond donors (Lipinski definition) is 2. The molecule has 0 aliphatic rings. The van der Waals surface area contributed by atoms with E-state index in [4.69, 9.17) is 14.6 Å². The molecule has 0 fully saturated rings. The minimum Gasteiger partial charge on any atom is -0.493 e. The second kappa shape index (κ2) is 8.92. The quantitative estimate of drug-likeness (QED) is 0.531. The molecule has 0 spiro atoms. The average Bonchev–Trinajstić information content (AvgIpc) is 2.66. The molecule has 0 amide bonds. The molecule has 0 atom stereocenters. The van der Waals surface area contributed by atoms with Gasteiger partial charge >= 0.3 is 5.97 Å². The molecule has 1 heterocycles. The number of carboxylic acids is 1. The number of anilines is 1. The number of thioether (sulfide) groups is 1. The molecule has 0 radical (unpaired) electrons. The molecule has 1 aromatic heterocycles. The number of aliphatic carboxylic acids is 1. The second-order valence-electron chi connectivity index (χ2n) is 5.03. The van der Waals surface area contributed by atoms with Gasteiger partial charge in [-0.05, 0) is 24.5 Å². The van der Waals surface area contributed by atoms with Gasteiger partial charge in [0.15, 0.2) is 16.7 Å². The molecule has 0 bridgehead atoms. The molecule has 0 aliphatic carbocycles. The fourth-order valence-corrected chi connectivity index (χ4v) is 2.61. The van der Waals surface area contributed by atoms with Crippen molar-refractivity contribution in [3.63, 3.8) is 0 Å². The van der Waals surface area contributed by atoms with Crippen LogP contribution in [0.5, 0.6) is 11.5 Å². The monoisotopic (exact) mass is 374 g/mol. The Bertz CT molecular complexity index is 851. The van der Waals surface area contributed by atoms with Crippen LogP contribution in [0.25, 0.3) is 11.3 Å². The lowest BCUT2D eigenvalue weighted by Crippen LogP contribution is -2.11. The Labute approximate surface area is 155 Å². The van der Waals surface area contributed by atoms with Crippen molar-refractivity contribution in [2.24, 2.45) is 0 Å². The Balaban J connectivity index is 2.53. The topological polar surface area (TPSA) is 117 Å². The van der Waals surface area contributed by atoms with E-state index in [2.05, 4.69) is 21.4 Å². The summed E-state index contributed by atoms with van der Waals surface area (Å²) in [6.07, 6.45) is 1.73. The Morgan fingerprint density at radius 1 is 1.31 bits per heavy atom. The number of benzene rings is 1. The molecule has 0 saturated carbocycles. The summed E-state index contributed by atoms with van der Waals surface area (Å²) in [7, 11) is 3.07. The molecule has 2 N–H and O–H groups in total. The summed E-state index contributed by atoms with van der Waals surface area (Å²) < 4.78 is 10.5. The van der Waals surface area contributed by atoms with Crippen LogP contribution in [0.15, 0.2) is 23.4 Å². The van der Waals surface area contributed by atoms with E-state index in [-0.39, 0.29) is 18.5 Å². The van der Waals surface area contributed by atoms with Crippen LogP contribution < -0.4 is 14.8 Å². The first-order chi connectivity index (χ1) is 12.5. The van der Waals surface area contributed by atoms with Gasteiger partial charge in [0.1, 0.15) is 17.5 Å². The van der Waals surface area contributed by atoms with E-state index in [1.54, 1.807) is 25.3 Å². The lowest BCUT2D eigenvalue weighted by atomic mass is 10.1. The van der Waals surface area contributed by atoms with Gasteiger partial charge in [-0.15, -0.1) is 0 Å². The summed E-state index contributed by atoms with van der Waals surface area (Å²) in [5.74, 6) is 0.445. The van der Waals surface area contributed by atoms with Gasteiger partial charge in [0.05, 0.1) is 26.3 Å². The van der Waals surface area contributed by atoms with Crippen LogP contribution in [0.4, 0.5) is 5.82 Å². The van der Waals surface area contributed by atoms with Gasteiger partial charge < -0.3 is 19.9 Å². The van der Waals surface area contributed by atoms with Gasteiger partial charge in [0, 0.05) is 12.1 Å². The van der Waals surface area contributed by atoms with Gasteiger partial charge in [-0.25, -0.2) is 9.97 Å². The summed E-state index contributed by atoms with van der Waals surface area (Å²) in [6, 6.07) is 7.33. The van der Waals surface area contributed by atoms with Crippen molar-refractivity contribution in [1.29, 1.82) is 5.26 Å². The highest BCUT2D eigenvalue weighted by Crippen LogP contribution is 2.34. The highest BCUT2D eigenvalue weighted by molar-refractivity contribution is 7.98. The van der Waals surface area contributed by atoms with Crippen molar-refractivity contribution in [3.8, 4) is 28.8 Å². The molecule has 2 aromatic rings. The number of nitrogens with zero attached hydrogens (tertiary/aromatic N) is 3. The van der Waals surface area contributed by atoms with Crippen LogP contribution in [-0.4, -0.2) is 48.1 Å². The normalized spacial score (nSPS) is 10.1. The fourth-order valence-electron chi connectivity index (χ4n) is 2.25. The van der Waals surface area contributed by atoms with Crippen LogP contribution in [0, 0.1) is 11.3 Å². The van der Waals surface area contributed by atoms with Crippen molar-refractivity contribution in [2.75, 3.05) is 32.3 Å². The van der Waals surface area contributed by atoms with E-state index in [1.165, 1.54) is 18.9 Å². The third kappa shape index (κ3) is 4.34. The smallest absolute Gasteiger partial charge is 0.305 e. The van der Waals surface area contributed by atoms with E-state index in [9.17, 15) is 10.1 Å². The van der Waals surface area contributed by atoms with Crippen LogP contribution in [0.2, 0.25) is 0 Å². The van der Waals surface area contributed by atoms with Gasteiger partial charge in [-0.1, -0.05) is 11.8 Å². The molecule has 0 saturated heterocycles. The highest BCUT2D eigenvalue weighted by atomic mass is 32.2. The summed E-state index contributed by atoms with van der Waals surface area (Å²) in [5, 5.41) is 21.8. The fraction of sp³-hybridized carbons (Fsp3) is 0.294. The zero-order chi connectivity index (χ0) is 19.1. The Morgan fingerprint density at radius 3 is 2.62 bits per heavy atom. The number of hydrogen-bond acceptors (Lipinski definition) is 8. The van der Waals surface area contributed by atoms with Crippen LogP contribution >= 0.6 is 11.8 Å². The minimum absolute atomic E-state index is 0.0881. The first kappa shape index (κ1) is 19.3. The number of nitriles is 1. The molecule has 136 valence electrons. The third-order valence-electron chi connectivity index (χ3n) is 3.47. The van der Waals surface area contributed by atoms with Crippen LogP contribution in [0.3, 0.4) is 0 Å². The van der Waals surface area contributed by atoms with Gasteiger partial charge in [-0.2, -0.15) is 5.26 Å². The molecule has 0 aliphatic heterocycles. The Morgan fingerprint density at radius 2 is 2.04 bits per heavy atom. The predicted octanol–water partition coefficient (Wildman–Crippen LogP) is 2.64. The zero-order valence-corrected chi connectivity index (χ0v) is 15.4. The standard InChI is InChI=1S/C17H18N4O4S/c1-24-12-5-4-10(8-13(12)25-2)15-11(9-18)16(19-7-6-14(22)23)21-17(20-15)26-3/h4-5,8H,6-7H2,1-3H3,(H,22,23)(H,19,20,21). The lowest BCUT2D eigenvalue weighted by Gasteiger charge is -2.13. The molecule has 8 nitrogen and oxygen atoms in total. The van der Waals surface area contributed by atoms with Gasteiger partial charge in [-0.3, -0.25) is 4.79 Å². The number of ether oxygens (including phenoxy) is 2. The first-order valence-electron chi connectivity index (χ1n) is 7.58. The largest absolute Gasteiger partial charge is 0.493 e. The van der Waals surface area contributed by atoms with Crippen molar-refractivity contribution >= 4 is 23.5 Å². The number of carboxylic acid groups (broad SMARTS) is 1. The second-order valence-corrected chi connectivity index (χ2v) is 5.81.